The first kappa shape index (κ1) is 15.4. The lowest BCUT2D eigenvalue weighted by atomic mass is 10.2. The Morgan fingerprint density at radius 1 is 1.40 bits per heavy atom. The molecule has 2 aromatic rings. The number of hydrogen-bond acceptors (Lipinski definition) is 4. The monoisotopic (exact) mass is 378 g/mol. The summed E-state index contributed by atoms with van der Waals surface area (Å²) >= 11 is 9.28. The van der Waals surface area contributed by atoms with Crippen molar-refractivity contribution in [1.82, 2.24) is 14.8 Å². The van der Waals surface area contributed by atoms with Crippen LogP contribution in [-0.2, 0) is 16.6 Å². The Morgan fingerprint density at radius 3 is 2.65 bits per heavy atom. The van der Waals surface area contributed by atoms with Gasteiger partial charge in [-0.05, 0) is 40.5 Å². The van der Waals surface area contributed by atoms with Crippen molar-refractivity contribution >= 4 is 37.6 Å². The normalized spacial score (nSPS) is 11.8. The van der Waals surface area contributed by atoms with Crippen LogP contribution in [0.3, 0.4) is 0 Å². The minimum absolute atomic E-state index is 0.240. The van der Waals surface area contributed by atoms with E-state index in [9.17, 15) is 8.42 Å². The maximum absolute atomic E-state index is 11.5. The van der Waals surface area contributed by atoms with Crippen molar-refractivity contribution in [2.45, 2.75) is 25.0 Å². The van der Waals surface area contributed by atoms with Crippen molar-refractivity contribution in [3.05, 3.63) is 27.7 Å². The molecular weight excluding hydrogens is 368 g/mol. The van der Waals surface area contributed by atoms with Gasteiger partial charge in [0.1, 0.15) is 0 Å². The van der Waals surface area contributed by atoms with Gasteiger partial charge in [-0.2, -0.15) is 0 Å². The third-order valence-corrected chi connectivity index (χ3v) is 4.29. The first-order valence-electron chi connectivity index (χ1n) is 5.76. The van der Waals surface area contributed by atoms with Crippen LogP contribution in [0.1, 0.15) is 13.3 Å². The Bertz CT molecular complexity index is 745. The van der Waals surface area contributed by atoms with Crippen molar-refractivity contribution in [1.29, 1.82) is 0 Å². The van der Waals surface area contributed by atoms with E-state index < -0.39 is 10.0 Å². The van der Waals surface area contributed by atoms with Gasteiger partial charge in [-0.25, -0.2) is 13.6 Å². The summed E-state index contributed by atoms with van der Waals surface area (Å²) in [7, 11) is -3.92. The maximum atomic E-state index is 11.5. The van der Waals surface area contributed by atoms with Crippen LogP contribution in [-0.4, -0.2) is 23.2 Å². The standard InChI is InChI=1S/C11H12BrClN4O2S/c1-2-5-17-10(15-16-11(17)20(14,18)19)8-4-3-7(13)6-9(8)12/h3-4,6H,2,5H2,1H3,(H2,14,18,19). The van der Waals surface area contributed by atoms with Gasteiger partial charge in [0.25, 0.3) is 15.2 Å². The largest absolute Gasteiger partial charge is 0.297 e. The van der Waals surface area contributed by atoms with E-state index in [1.807, 2.05) is 6.92 Å². The van der Waals surface area contributed by atoms with Crippen molar-refractivity contribution in [3.63, 3.8) is 0 Å². The second-order valence-electron chi connectivity index (χ2n) is 4.13. The highest BCUT2D eigenvalue weighted by Crippen LogP contribution is 2.30. The predicted octanol–water partition coefficient (Wildman–Crippen LogP) is 2.42. The molecule has 0 aliphatic rings. The fourth-order valence-corrected chi connectivity index (χ4v) is 3.29. The van der Waals surface area contributed by atoms with Crippen LogP contribution < -0.4 is 5.14 Å². The van der Waals surface area contributed by atoms with Gasteiger partial charge in [0, 0.05) is 21.6 Å². The summed E-state index contributed by atoms with van der Waals surface area (Å²) in [6.45, 7) is 2.37. The first-order chi connectivity index (χ1) is 9.34. The van der Waals surface area contributed by atoms with E-state index in [2.05, 4.69) is 26.1 Å². The molecular formula is C11H12BrClN4O2S. The van der Waals surface area contributed by atoms with Crippen molar-refractivity contribution < 1.29 is 8.42 Å². The first-order valence-corrected chi connectivity index (χ1v) is 8.47. The Kier molecular flexibility index (Phi) is 4.48. The summed E-state index contributed by atoms with van der Waals surface area (Å²) in [6, 6.07) is 5.15. The number of halogens is 2. The van der Waals surface area contributed by atoms with Crippen LogP contribution in [0.4, 0.5) is 0 Å². The molecule has 0 bridgehead atoms. The lowest BCUT2D eigenvalue weighted by Crippen LogP contribution is -2.19. The summed E-state index contributed by atoms with van der Waals surface area (Å²) in [5, 5.41) is 13.1. The zero-order valence-corrected chi connectivity index (χ0v) is 13.7. The highest BCUT2D eigenvalue weighted by atomic mass is 79.9. The topological polar surface area (TPSA) is 90.9 Å². The number of hydrogen-bond donors (Lipinski definition) is 1. The lowest BCUT2D eigenvalue weighted by Gasteiger charge is -2.09. The van der Waals surface area contributed by atoms with E-state index in [1.165, 1.54) is 4.57 Å². The fraction of sp³-hybridized carbons (Fsp3) is 0.273. The predicted molar refractivity (Wildman–Crippen MR) is 79.8 cm³/mol. The number of sulfonamides is 1. The molecule has 0 saturated carbocycles. The maximum Gasteiger partial charge on any atom is 0.273 e. The average Bonchev–Trinajstić information content (AvgIpc) is 2.73. The van der Waals surface area contributed by atoms with E-state index in [0.717, 1.165) is 6.42 Å². The molecule has 0 aliphatic heterocycles. The van der Waals surface area contributed by atoms with E-state index in [-0.39, 0.29) is 5.16 Å². The molecule has 0 aliphatic carbocycles. The molecule has 1 heterocycles. The molecule has 0 saturated heterocycles. The average molecular weight is 380 g/mol. The molecule has 0 amide bonds. The number of primary sulfonamides is 1. The SMILES string of the molecule is CCCn1c(-c2ccc(Cl)cc2Br)nnc1S(N)(=O)=O. The van der Waals surface area contributed by atoms with Gasteiger partial charge in [-0.15, -0.1) is 10.2 Å². The van der Waals surface area contributed by atoms with Gasteiger partial charge in [0.2, 0.25) is 0 Å². The summed E-state index contributed by atoms with van der Waals surface area (Å²) in [4.78, 5) is 0. The molecule has 0 radical (unpaired) electrons. The highest BCUT2D eigenvalue weighted by molar-refractivity contribution is 9.10. The Hall–Kier alpha value is -0.960. The second-order valence-corrected chi connectivity index (χ2v) is 6.87. The van der Waals surface area contributed by atoms with Crippen LogP contribution in [0.5, 0.6) is 0 Å². The molecule has 9 heteroatoms. The second kappa shape index (κ2) is 5.80. The number of rotatable bonds is 4. The van der Waals surface area contributed by atoms with Crippen LogP contribution in [0.15, 0.2) is 27.8 Å². The van der Waals surface area contributed by atoms with Crippen molar-refractivity contribution in [2.75, 3.05) is 0 Å². The van der Waals surface area contributed by atoms with E-state index >= 15 is 0 Å². The van der Waals surface area contributed by atoms with Crippen molar-refractivity contribution in [3.8, 4) is 11.4 Å². The summed E-state index contributed by atoms with van der Waals surface area (Å²) in [5.74, 6) is 0.430. The molecule has 1 aromatic heterocycles. The van der Waals surface area contributed by atoms with Crippen LogP contribution in [0.2, 0.25) is 5.02 Å². The van der Waals surface area contributed by atoms with Crippen LogP contribution in [0.25, 0.3) is 11.4 Å². The molecule has 0 fully saturated rings. The highest BCUT2D eigenvalue weighted by Gasteiger charge is 2.22. The van der Waals surface area contributed by atoms with Crippen LogP contribution in [0, 0.1) is 0 Å². The molecule has 0 atom stereocenters. The zero-order chi connectivity index (χ0) is 14.9. The quantitative estimate of drug-likeness (QED) is 0.883. The molecule has 2 rings (SSSR count). The number of nitrogens with two attached hydrogens (primary N) is 1. The van der Waals surface area contributed by atoms with E-state index in [0.29, 0.717) is 27.4 Å². The number of nitrogens with zero attached hydrogens (tertiary/aromatic N) is 3. The van der Waals surface area contributed by atoms with Crippen LogP contribution >= 0.6 is 27.5 Å². The molecule has 0 unspecified atom stereocenters. The molecule has 20 heavy (non-hydrogen) atoms. The summed E-state index contributed by atoms with van der Waals surface area (Å²) < 4.78 is 25.3. The fourth-order valence-electron chi connectivity index (χ4n) is 1.79. The van der Waals surface area contributed by atoms with Gasteiger partial charge in [-0.3, -0.25) is 4.57 Å². The Morgan fingerprint density at radius 2 is 2.10 bits per heavy atom. The van der Waals surface area contributed by atoms with Gasteiger partial charge in [0.15, 0.2) is 5.82 Å². The molecule has 108 valence electrons. The van der Waals surface area contributed by atoms with Crippen molar-refractivity contribution in [2.24, 2.45) is 5.14 Å². The third kappa shape index (κ3) is 3.03. The number of aromatic nitrogens is 3. The van der Waals surface area contributed by atoms with Gasteiger partial charge < -0.3 is 0 Å². The molecule has 6 nitrogen and oxygen atoms in total. The minimum atomic E-state index is -3.92. The third-order valence-electron chi connectivity index (χ3n) is 2.59. The summed E-state index contributed by atoms with van der Waals surface area (Å²) in [6.07, 6.45) is 0.721. The number of benzene rings is 1. The van der Waals surface area contributed by atoms with Gasteiger partial charge in [0.05, 0.1) is 0 Å². The molecule has 2 N–H and O–H groups in total. The smallest absolute Gasteiger partial charge is 0.273 e. The van der Waals surface area contributed by atoms with E-state index in [1.54, 1.807) is 18.2 Å². The Labute approximate surface area is 130 Å². The zero-order valence-electron chi connectivity index (χ0n) is 10.5. The minimum Gasteiger partial charge on any atom is -0.297 e. The summed E-state index contributed by atoms with van der Waals surface area (Å²) in [5.41, 5.74) is 0.699. The van der Waals surface area contributed by atoms with Gasteiger partial charge in [-0.1, -0.05) is 18.5 Å². The van der Waals surface area contributed by atoms with E-state index in [4.69, 9.17) is 16.7 Å². The molecule has 1 aromatic carbocycles. The lowest BCUT2D eigenvalue weighted by molar-refractivity contribution is 0.559. The Balaban J connectivity index is 2.66. The van der Waals surface area contributed by atoms with Gasteiger partial charge >= 0.3 is 0 Å². The molecule has 0 spiro atoms.